The largest absolute Gasteiger partial charge is 0.380 e. The van der Waals surface area contributed by atoms with Crippen molar-refractivity contribution in [2.45, 2.75) is 56.3 Å². The molecule has 0 saturated carbocycles. The maximum absolute atomic E-state index is 6.98. The van der Waals surface area contributed by atoms with Crippen LogP contribution in [0.25, 0.3) is 0 Å². The van der Waals surface area contributed by atoms with Gasteiger partial charge in [0.15, 0.2) is 5.16 Å². The van der Waals surface area contributed by atoms with Gasteiger partial charge >= 0.3 is 0 Å². The van der Waals surface area contributed by atoms with E-state index < -0.39 is 5.60 Å². The molecular formula is C36H39BrN4O3S. The second-order valence-electron chi connectivity index (χ2n) is 12.0. The standard InChI is InChI=1S/C36H39BrN4O3S/c1-25-28-14-15-31(41(21-26-10-5-3-6-11-26)22-27-12-7-4-8-13-27)33(37)32(28)36(24-43-25)20-30-29(23-44-36)34(39-35(38-30)45-2)40-16-9-18-42-19-17-40/h3-8,10-15,25H,9,16-24H2,1-2H3/t25-,36+/m0/s1. The minimum Gasteiger partial charge on any atom is -0.380 e. The zero-order valence-corrected chi connectivity index (χ0v) is 28.3. The van der Waals surface area contributed by atoms with Crippen molar-refractivity contribution in [3.63, 3.8) is 0 Å². The second kappa shape index (κ2) is 13.4. The minimum absolute atomic E-state index is 0.0440. The summed E-state index contributed by atoms with van der Waals surface area (Å²) in [5.74, 6) is 0.986. The highest BCUT2D eigenvalue weighted by Gasteiger charge is 2.47. The number of hydrogen-bond donors (Lipinski definition) is 0. The summed E-state index contributed by atoms with van der Waals surface area (Å²) in [4.78, 5) is 14.9. The highest BCUT2D eigenvalue weighted by Crippen LogP contribution is 2.50. The Bertz CT molecular complexity index is 1590. The van der Waals surface area contributed by atoms with Crippen LogP contribution in [0.4, 0.5) is 11.5 Å². The predicted molar refractivity (Wildman–Crippen MR) is 183 cm³/mol. The van der Waals surface area contributed by atoms with Crippen LogP contribution >= 0.6 is 27.7 Å². The summed E-state index contributed by atoms with van der Waals surface area (Å²) in [6.07, 6.45) is 3.60. The molecule has 3 aliphatic heterocycles. The molecule has 7 rings (SSSR count). The zero-order chi connectivity index (χ0) is 30.8. The van der Waals surface area contributed by atoms with Crippen LogP contribution in [-0.4, -0.2) is 49.1 Å². The van der Waals surface area contributed by atoms with E-state index in [1.807, 2.05) is 6.26 Å². The SMILES string of the molecule is CSc1nc2c(c(N3CCCOCC3)n1)CO[C@@]1(CO[C@@H](C)c3ccc(N(Cc4ccccc4)Cc4ccccc4)c(Br)c31)C2. The van der Waals surface area contributed by atoms with Gasteiger partial charge in [-0.3, -0.25) is 0 Å². The Morgan fingerprint density at radius 2 is 1.69 bits per heavy atom. The lowest BCUT2D eigenvalue weighted by molar-refractivity contribution is -0.148. The number of hydrogen-bond acceptors (Lipinski definition) is 8. The van der Waals surface area contributed by atoms with Gasteiger partial charge in [0.05, 0.1) is 37.3 Å². The molecule has 3 aliphatic rings. The van der Waals surface area contributed by atoms with Crippen LogP contribution in [0.15, 0.2) is 82.4 Å². The number of anilines is 2. The van der Waals surface area contributed by atoms with E-state index in [1.165, 1.54) is 16.7 Å². The van der Waals surface area contributed by atoms with Crippen molar-refractivity contribution in [3.05, 3.63) is 111 Å². The lowest BCUT2D eigenvalue weighted by Crippen LogP contribution is -2.46. The Balaban J connectivity index is 1.30. The van der Waals surface area contributed by atoms with E-state index in [9.17, 15) is 0 Å². The molecule has 9 heteroatoms. The van der Waals surface area contributed by atoms with Crippen LogP contribution < -0.4 is 9.80 Å². The quantitative estimate of drug-likeness (QED) is 0.147. The fraction of sp³-hybridized carbons (Fsp3) is 0.389. The van der Waals surface area contributed by atoms with Crippen molar-refractivity contribution in [1.29, 1.82) is 0 Å². The summed E-state index contributed by atoms with van der Waals surface area (Å²) in [6.45, 7) is 7.81. The van der Waals surface area contributed by atoms with Gasteiger partial charge in [-0.2, -0.15) is 0 Å². The van der Waals surface area contributed by atoms with Crippen molar-refractivity contribution in [2.24, 2.45) is 0 Å². The lowest BCUT2D eigenvalue weighted by Gasteiger charge is -2.45. The molecule has 45 heavy (non-hydrogen) atoms. The molecule has 1 saturated heterocycles. The summed E-state index contributed by atoms with van der Waals surface area (Å²) in [5, 5.41) is 0.793. The van der Waals surface area contributed by atoms with E-state index >= 15 is 0 Å². The Labute approximate surface area is 278 Å². The molecule has 0 aliphatic carbocycles. The number of ether oxygens (including phenoxy) is 3. The molecule has 0 radical (unpaired) electrons. The van der Waals surface area contributed by atoms with Crippen molar-refractivity contribution in [1.82, 2.24) is 9.97 Å². The van der Waals surface area contributed by atoms with E-state index in [2.05, 4.69) is 105 Å². The Morgan fingerprint density at radius 1 is 0.956 bits per heavy atom. The normalized spacial score (nSPS) is 21.2. The smallest absolute Gasteiger partial charge is 0.189 e. The summed E-state index contributed by atoms with van der Waals surface area (Å²) in [7, 11) is 0. The maximum atomic E-state index is 6.98. The number of fused-ring (bicyclic) bond motifs is 3. The highest BCUT2D eigenvalue weighted by atomic mass is 79.9. The first-order valence-corrected chi connectivity index (χ1v) is 17.7. The molecule has 4 heterocycles. The van der Waals surface area contributed by atoms with Gasteiger partial charge in [-0.1, -0.05) is 78.5 Å². The van der Waals surface area contributed by atoms with E-state index in [0.717, 1.165) is 77.2 Å². The van der Waals surface area contributed by atoms with Crippen LogP contribution in [0.2, 0.25) is 0 Å². The lowest BCUT2D eigenvalue weighted by atomic mass is 9.80. The van der Waals surface area contributed by atoms with Gasteiger partial charge in [0.2, 0.25) is 0 Å². The van der Waals surface area contributed by atoms with E-state index in [1.54, 1.807) is 11.8 Å². The average molecular weight is 688 g/mol. The first-order valence-electron chi connectivity index (χ1n) is 15.7. The molecule has 2 atom stereocenters. The molecule has 0 unspecified atom stereocenters. The molecular weight excluding hydrogens is 648 g/mol. The first-order chi connectivity index (χ1) is 22.0. The zero-order valence-electron chi connectivity index (χ0n) is 25.9. The van der Waals surface area contributed by atoms with E-state index in [0.29, 0.717) is 26.2 Å². The van der Waals surface area contributed by atoms with Crippen molar-refractivity contribution >= 4 is 39.2 Å². The summed E-state index contributed by atoms with van der Waals surface area (Å²) >= 11 is 5.74. The van der Waals surface area contributed by atoms with Crippen LogP contribution in [0, 0.1) is 0 Å². The number of rotatable bonds is 7. The minimum atomic E-state index is -0.669. The van der Waals surface area contributed by atoms with E-state index in [4.69, 9.17) is 24.2 Å². The Hall–Kier alpha value is -2.95. The van der Waals surface area contributed by atoms with Gasteiger partial charge < -0.3 is 24.0 Å². The second-order valence-corrected chi connectivity index (χ2v) is 13.6. The highest BCUT2D eigenvalue weighted by molar-refractivity contribution is 9.10. The molecule has 234 valence electrons. The monoisotopic (exact) mass is 686 g/mol. The number of halogens is 1. The Kier molecular flexibility index (Phi) is 9.15. The molecule has 7 nitrogen and oxygen atoms in total. The molecule has 4 aromatic rings. The third-order valence-electron chi connectivity index (χ3n) is 9.09. The Morgan fingerprint density at radius 3 is 2.40 bits per heavy atom. The van der Waals surface area contributed by atoms with Crippen LogP contribution in [0.3, 0.4) is 0 Å². The fourth-order valence-corrected chi connectivity index (χ4v) is 8.12. The third kappa shape index (κ3) is 6.25. The van der Waals surface area contributed by atoms with Gasteiger partial charge in [0.25, 0.3) is 0 Å². The molecule has 1 aromatic heterocycles. The topological polar surface area (TPSA) is 60.0 Å². The first kappa shape index (κ1) is 30.7. The summed E-state index contributed by atoms with van der Waals surface area (Å²) in [6, 6.07) is 25.8. The van der Waals surface area contributed by atoms with Crippen molar-refractivity contribution in [3.8, 4) is 0 Å². The molecule has 3 aromatic carbocycles. The summed E-state index contributed by atoms with van der Waals surface area (Å²) < 4.78 is 20.2. The van der Waals surface area contributed by atoms with Crippen LogP contribution in [-0.2, 0) is 45.9 Å². The van der Waals surface area contributed by atoms with E-state index in [-0.39, 0.29) is 6.10 Å². The van der Waals surface area contributed by atoms with Crippen molar-refractivity contribution < 1.29 is 14.2 Å². The van der Waals surface area contributed by atoms with Gasteiger partial charge in [-0.05, 0) is 58.3 Å². The molecule has 1 fully saturated rings. The number of aromatic nitrogens is 2. The molecule has 0 bridgehead atoms. The predicted octanol–water partition coefficient (Wildman–Crippen LogP) is 7.45. The number of nitrogens with zero attached hydrogens (tertiary/aromatic N) is 4. The average Bonchev–Trinajstić information content (AvgIpc) is 3.36. The van der Waals surface area contributed by atoms with Gasteiger partial charge in [-0.25, -0.2) is 9.97 Å². The van der Waals surface area contributed by atoms with Crippen LogP contribution in [0.1, 0.15) is 53.0 Å². The molecule has 0 amide bonds. The fourth-order valence-electron chi connectivity index (χ4n) is 6.77. The molecule has 1 spiro atoms. The van der Waals surface area contributed by atoms with Gasteiger partial charge in [0.1, 0.15) is 11.4 Å². The number of benzene rings is 3. The summed E-state index contributed by atoms with van der Waals surface area (Å²) in [5.41, 5.74) is 7.46. The maximum Gasteiger partial charge on any atom is 0.189 e. The van der Waals surface area contributed by atoms with Crippen molar-refractivity contribution in [2.75, 3.05) is 49.0 Å². The molecule has 0 N–H and O–H groups in total. The van der Waals surface area contributed by atoms with Crippen LogP contribution in [0.5, 0.6) is 0 Å². The third-order valence-corrected chi connectivity index (χ3v) is 10.4. The van der Waals surface area contributed by atoms with Gasteiger partial charge in [-0.15, -0.1) is 0 Å². The van der Waals surface area contributed by atoms with Gasteiger partial charge in [0, 0.05) is 54.8 Å². The number of thioether (sulfide) groups is 1.